The number of aromatic nitrogens is 2. The number of nitrogens with one attached hydrogen (secondary N) is 1. The van der Waals surface area contributed by atoms with Gasteiger partial charge in [-0.05, 0) is 42.0 Å². The van der Waals surface area contributed by atoms with E-state index in [0.29, 0.717) is 25.2 Å². The molecule has 150 valence electrons. The Morgan fingerprint density at radius 3 is 2.79 bits per heavy atom. The zero-order valence-electron chi connectivity index (χ0n) is 16.0. The first-order valence-corrected chi connectivity index (χ1v) is 9.74. The van der Waals surface area contributed by atoms with Gasteiger partial charge in [0.2, 0.25) is 5.69 Å². The zero-order chi connectivity index (χ0) is 20.3. The summed E-state index contributed by atoms with van der Waals surface area (Å²) in [7, 11) is 1.96. The highest BCUT2D eigenvalue weighted by atomic mass is 16.8. The maximum atomic E-state index is 13.2. The van der Waals surface area contributed by atoms with Crippen LogP contribution in [-0.4, -0.2) is 38.2 Å². The summed E-state index contributed by atoms with van der Waals surface area (Å²) in [5.74, 6) is 0.187. The number of fused-ring (bicyclic) bond motifs is 5. The monoisotopic (exact) mass is 394 g/mol. The van der Waals surface area contributed by atoms with Crippen LogP contribution in [0.2, 0.25) is 0 Å². The van der Waals surface area contributed by atoms with E-state index < -0.39 is 10.8 Å². The van der Waals surface area contributed by atoms with E-state index in [1.54, 1.807) is 10.6 Å². The van der Waals surface area contributed by atoms with E-state index in [0.717, 1.165) is 23.0 Å². The molecule has 8 nitrogen and oxygen atoms in total. The third-order valence-electron chi connectivity index (χ3n) is 6.26. The van der Waals surface area contributed by atoms with Crippen LogP contribution in [0.25, 0.3) is 10.9 Å². The molecule has 3 atom stereocenters. The van der Waals surface area contributed by atoms with Gasteiger partial charge in [0.25, 0.3) is 5.91 Å². The number of carbonyl (C=O) groups is 1. The van der Waals surface area contributed by atoms with Crippen LogP contribution in [0.3, 0.4) is 0 Å². The third kappa shape index (κ3) is 2.88. The summed E-state index contributed by atoms with van der Waals surface area (Å²) in [6, 6.07) is 10.9. The Hall–Kier alpha value is -2.94. The van der Waals surface area contributed by atoms with Crippen molar-refractivity contribution in [3.8, 4) is 0 Å². The van der Waals surface area contributed by atoms with Crippen molar-refractivity contribution in [3.05, 3.63) is 69.4 Å². The van der Waals surface area contributed by atoms with E-state index in [1.165, 1.54) is 6.07 Å². The Bertz CT molecular complexity index is 1180. The molecule has 4 heterocycles. The van der Waals surface area contributed by atoms with Gasteiger partial charge in [-0.1, -0.05) is 6.07 Å². The van der Waals surface area contributed by atoms with Crippen LogP contribution in [0.5, 0.6) is 0 Å². The molecule has 1 saturated heterocycles. The number of pyridine rings is 1. The smallest absolute Gasteiger partial charge is 0.315 e. The standard InChI is InChI=1S/C21H22N4O4/c1-22-7-6-14-2-3-15(9-19(14)22)20(26)23-10-13-8-16(12-23)17-4-5-18(25(28)29)21(27)24(17)11-13/h2-7,9,13,16,25,28H,8,10-12H2,1H3. The van der Waals surface area contributed by atoms with Gasteiger partial charge < -0.3 is 19.2 Å². The van der Waals surface area contributed by atoms with Gasteiger partial charge in [0.15, 0.2) is 0 Å². The SMILES string of the molecule is Cn1ccc2ccc(C(=O)N3CC4CC(C3)c3ccc([NH+]([O-])O)c(=O)n3C4)cc21. The topological polar surface area (TPSA) is 95.0 Å². The fourth-order valence-corrected chi connectivity index (χ4v) is 4.85. The zero-order valence-corrected chi connectivity index (χ0v) is 16.0. The van der Waals surface area contributed by atoms with Crippen molar-refractivity contribution in [2.24, 2.45) is 13.0 Å². The van der Waals surface area contributed by atoms with Crippen molar-refractivity contribution in [2.75, 3.05) is 13.1 Å². The number of aryl methyl sites for hydroxylation is 1. The Labute approximate surface area is 166 Å². The minimum absolute atomic E-state index is 0.000697. The van der Waals surface area contributed by atoms with Crippen LogP contribution in [0.15, 0.2) is 47.4 Å². The summed E-state index contributed by atoms with van der Waals surface area (Å²) in [6.45, 7) is 1.56. The number of benzene rings is 1. The summed E-state index contributed by atoms with van der Waals surface area (Å²) in [6.07, 6.45) is 2.89. The first-order chi connectivity index (χ1) is 13.9. The molecule has 0 radical (unpaired) electrons. The predicted octanol–water partition coefficient (Wildman–Crippen LogP) is 1.00. The van der Waals surface area contributed by atoms with Crippen molar-refractivity contribution < 1.29 is 15.2 Å². The highest BCUT2D eigenvalue weighted by Crippen LogP contribution is 2.36. The summed E-state index contributed by atoms with van der Waals surface area (Å²) < 4.78 is 3.60. The second-order valence-corrected chi connectivity index (χ2v) is 8.10. The molecule has 5 rings (SSSR count). The molecule has 0 saturated carbocycles. The number of rotatable bonds is 2. The van der Waals surface area contributed by atoms with E-state index in [-0.39, 0.29) is 23.4 Å². The van der Waals surface area contributed by atoms with Gasteiger partial charge in [0.1, 0.15) is 0 Å². The lowest BCUT2D eigenvalue weighted by molar-refractivity contribution is -0.992. The van der Waals surface area contributed by atoms with Gasteiger partial charge in [0.05, 0.1) is 0 Å². The molecule has 0 spiro atoms. The fraction of sp³-hybridized carbons (Fsp3) is 0.333. The molecular weight excluding hydrogens is 372 g/mol. The van der Waals surface area contributed by atoms with Gasteiger partial charge in [-0.2, -0.15) is 5.23 Å². The summed E-state index contributed by atoms with van der Waals surface area (Å²) in [4.78, 5) is 27.6. The average molecular weight is 394 g/mol. The molecule has 3 unspecified atom stereocenters. The molecule has 2 N–H and O–H groups in total. The number of nitrogens with zero attached hydrogens (tertiary/aromatic N) is 3. The molecule has 2 bridgehead atoms. The van der Waals surface area contributed by atoms with E-state index >= 15 is 0 Å². The van der Waals surface area contributed by atoms with Crippen LogP contribution < -0.4 is 10.8 Å². The van der Waals surface area contributed by atoms with Gasteiger partial charge in [-0.3, -0.25) is 9.59 Å². The van der Waals surface area contributed by atoms with Gasteiger partial charge in [-0.15, -0.1) is 0 Å². The summed E-state index contributed by atoms with van der Waals surface area (Å²) >= 11 is 0. The molecule has 2 aliphatic heterocycles. The summed E-state index contributed by atoms with van der Waals surface area (Å²) in [5, 5.41) is 20.4. The minimum Gasteiger partial charge on any atom is -0.595 e. The molecular formula is C21H22N4O4. The van der Waals surface area contributed by atoms with E-state index in [1.807, 2.05) is 47.0 Å². The number of amides is 1. The van der Waals surface area contributed by atoms with E-state index in [9.17, 15) is 20.0 Å². The molecule has 0 aliphatic carbocycles. The Morgan fingerprint density at radius 2 is 2.00 bits per heavy atom. The third-order valence-corrected chi connectivity index (χ3v) is 6.26. The molecule has 1 amide bonds. The van der Waals surface area contributed by atoms with Crippen molar-refractivity contribution in [1.82, 2.24) is 14.0 Å². The van der Waals surface area contributed by atoms with Crippen LogP contribution in [0.4, 0.5) is 5.69 Å². The van der Waals surface area contributed by atoms with Crippen molar-refractivity contribution >= 4 is 22.5 Å². The first kappa shape index (κ1) is 18.1. The highest BCUT2D eigenvalue weighted by molar-refractivity contribution is 5.98. The predicted molar refractivity (Wildman–Crippen MR) is 106 cm³/mol. The lowest BCUT2D eigenvalue weighted by Gasteiger charge is -2.42. The molecule has 29 heavy (non-hydrogen) atoms. The second kappa shape index (κ2) is 6.55. The van der Waals surface area contributed by atoms with Crippen LogP contribution in [-0.2, 0) is 13.6 Å². The van der Waals surface area contributed by atoms with Crippen LogP contribution in [0.1, 0.15) is 28.4 Å². The number of hydrogen-bond acceptors (Lipinski definition) is 4. The Morgan fingerprint density at radius 1 is 1.17 bits per heavy atom. The fourth-order valence-electron chi connectivity index (χ4n) is 4.85. The number of hydrogen-bond donors (Lipinski definition) is 2. The maximum absolute atomic E-state index is 13.2. The van der Waals surface area contributed by atoms with Gasteiger partial charge in [0, 0.05) is 61.6 Å². The first-order valence-electron chi connectivity index (χ1n) is 9.74. The number of carbonyl (C=O) groups excluding carboxylic acids is 1. The molecule has 1 fully saturated rings. The maximum Gasteiger partial charge on any atom is 0.315 e. The van der Waals surface area contributed by atoms with Gasteiger partial charge in [-0.25, -0.2) is 5.21 Å². The number of piperidine rings is 1. The van der Waals surface area contributed by atoms with Crippen molar-refractivity contribution in [3.63, 3.8) is 0 Å². The molecule has 8 heteroatoms. The second-order valence-electron chi connectivity index (χ2n) is 8.10. The molecule has 2 aliphatic rings. The number of quaternary nitrogens is 1. The van der Waals surface area contributed by atoms with Crippen molar-refractivity contribution in [1.29, 1.82) is 0 Å². The van der Waals surface area contributed by atoms with Crippen molar-refractivity contribution in [2.45, 2.75) is 18.9 Å². The number of likely N-dealkylation sites (tertiary alicyclic amines) is 1. The molecule has 3 aromatic rings. The van der Waals surface area contributed by atoms with Crippen LogP contribution in [0, 0.1) is 11.1 Å². The Balaban J connectivity index is 1.45. The average Bonchev–Trinajstić information content (AvgIpc) is 3.08. The molecule has 1 aromatic carbocycles. The lowest BCUT2D eigenvalue weighted by Crippen LogP contribution is -3.00. The quantitative estimate of drug-likeness (QED) is 0.634. The van der Waals surface area contributed by atoms with E-state index in [4.69, 9.17) is 0 Å². The lowest BCUT2D eigenvalue weighted by atomic mass is 9.83. The minimum atomic E-state index is -1.20. The largest absolute Gasteiger partial charge is 0.595 e. The van der Waals surface area contributed by atoms with Gasteiger partial charge >= 0.3 is 5.56 Å². The normalized spacial score (nSPS) is 21.8. The highest BCUT2D eigenvalue weighted by Gasteiger charge is 2.37. The molecule has 2 aromatic heterocycles. The van der Waals surface area contributed by atoms with E-state index in [2.05, 4.69) is 0 Å². The van der Waals surface area contributed by atoms with Crippen LogP contribution >= 0.6 is 0 Å². The Kier molecular flexibility index (Phi) is 4.09. The summed E-state index contributed by atoms with van der Waals surface area (Å²) in [5.41, 5.74) is 1.87.